The Morgan fingerprint density at radius 3 is 1.70 bits per heavy atom. The standard InChI is InChI=1S/3C10H12O/c1-7-4-5-10(9(3)11)8(2)6-7;1-8(2)10(11)9-6-4-3-5-7-9;1-2-6-10(11)9-7-4-3-5-8-9/h4-6H,1-3H3;3-8H,1-2H3;3-5,7-8H,2,6H2,1H3. The van der Waals surface area contributed by atoms with E-state index in [1.165, 1.54) is 5.56 Å². The van der Waals surface area contributed by atoms with Gasteiger partial charge in [-0.3, -0.25) is 14.4 Å². The van der Waals surface area contributed by atoms with E-state index >= 15 is 0 Å². The maximum absolute atomic E-state index is 11.3. The van der Waals surface area contributed by atoms with Crippen molar-refractivity contribution < 1.29 is 14.4 Å². The molecule has 3 nitrogen and oxygen atoms in total. The summed E-state index contributed by atoms with van der Waals surface area (Å²) in [5.74, 6) is 0.693. The summed E-state index contributed by atoms with van der Waals surface area (Å²) in [5, 5.41) is 0. The molecule has 3 aromatic rings. The summed E-state index contributed by atoms with van der Waals surface area (Å²) in [4.78, 5) is 33.6. The van der Waals surface area contributed by atoms with E-state index in [-0.39, 0.29) is 23.3 Å². The molecule has 0 radical (unpaired) electrons. The van der Waals surface area contributed by atoms with Crippen LogP contribution in [0.15, 0.2) is 78.9 Å². The predicted molar refractivity (Wildman–Crippen MR) is 137 cm³/mol. The number of carbonyl (C=O) groups is 3. The highest BCUT2D eigenvalue weighted by atomic mass is 16.1. The third-order valence-electron chi connectivity index (χ3n) is 4.92. The van der Waals surface area contributed by atoms with Crippen LogP contribution in [-0.4, -0.2) is 17.3 Å². The number of Topliss-reactive ketones (excluding diaryl/α,β-unsaturated/α-hetero) is 3. The van der Waals surface area contributed by atoms with E-state index < -0.39 is 0 Å². The van der Waals surface area contributed by atoms with Crippen molar-refractivity contribution in [3.63, 3.8) is 0 Å². The fourth-order valence-electron chi connectivity index (χ4n) is 3.14. The molecule has 0 atom stereocenters. The molecule has 0 amide bonds. The van der Waals surface area contributed by atoms with Gasteiger partial charge < -0.3 is 0 Å². The monoisotopic (exact) mass is 444 g/mol. The molecule has 0 bridgehead atoms. The van der Waals surface area contributed by atoms with Crippen molar-refractivity contribution in [2.45, 2.75) is 54.4 Å². The van der Waals surface area contributed by atoms with Crippen LogP contribution in [0.1, 0.15) is 82.7 Å². The van der Waals surface area contributed by atoms with Gasteiger partial charge in [0.1, 0.15) is 0 Å². The van der Waals surface area contributed by atoms with Crippen LogP contribution in [0.3, 0.4) is 0 Å². The van der Waals surface area contributed by atoms with Crippen molar-refractivity contribution in [1.82, 2.24) is 0 Å². The fourth-order valence-corrected chi connectivity index (χ4v) is 3.14. The van der Waals surface area contributed by atoms with Crippen LogP contribution < -0.4 is 0 Å². The predicted octanol–water partition coefficient (Wildman–Crippen LogP) is 7.70. The average Bonchev–Trinajstić information content (AvgIpc) is 2.80. The zero-order chi connectivity index (χ0) is 24.8. The third-order valence-corrected chi connectivity index (χ3v) is 4.92. The number of carbonyl (C=O) groups excluding carboxylic acids is 3. The Morgan fingerprint density at radius 2 is 1.27 bits per heavy atom. The van der Waals surface area contributed by atoms with Gasteiger partial charge in [0.25, 0.3) is 0 Å². The lowest BCUT2D eigenvalue weighted by Gasteiger charge is -2.01. The van der Waals surface area contributed by atoms with Crippen molar-refractivity contribution in [1.29, 1.82) is 0 Å². The van der Waals surface area contributed by atoms with Gasteiger partial charge in [0, 0.05) is 29.0 Å². The van der Waals surface area contributed by atoms with Crippen molar-refractivity contribution in [2.75, 3.05) is 0 Å². The van der Waals surface area contributed by atoms with Crippen LogP contribution in [0.5, 0.6) is 0 Å². The first-order valence-corrected chi connectivity index (χ1v) is 11.4. The lowest BCUT2D eigenvalue weighted by atomic mass is 10.0. The Hall–Kier alpha value is -3.33. The third kappa shape index (κ3) is 10.2. The molecule has 33 heavy (non-hydrogen) atoms. The van der Waals surface area contributed by atoms with Crippen LogP contribution >= 0.6 is 0 Å². The molecule has 0 spiro atoms. The Morgan fingerprint density at radius 1 is 0.758 bits per heavy atom. The van der Waals surface area contributed by atoms with Gasteiger partial charge in [-0.15, -0.1) is 0 Å². The zero-order valence-corrected chi connectivity index (χ0v) is 20.7. The number of rotatable bonds is 6. The van der Waals surface area contributed by atoms with Gasteiger partial charge in [0.2, 0.25) is 0 Å². The summed E-state index contributed by atoms with van der Waals surface area (Å²) in [6.45, 7) is 11.4. The molecular formula is C30H36O3. The second-order valence-electron chi connectivity index (χ2n) is 8.30. The number of aryl methyl sites for hydroxylation is 2. The van der Waals surface area contributed by atoms with Gasteiger partial charge >= 0.3 is 0 Å². The average molecular weight is 445 g/mol. The molecule has 0 aliphatic heterocycles. The molecule has 0 unspecified atom stereocenters. The molecule has 0 saturated heterocycles. The summed E-state index contributed by atoms with van der Waals surface area (Å²) in [6.07, 6.45) is 1.58. The number of hydrogen-bond acceptors (Lipinski definition) is 3. The first-order chi connectivity index (χ1) is 15.7. The Bertz CT molecular complexity index is 1020. The minimum Gasteiger partial charge on any atom is -0.295 e. The number of ketones is 3. The Labute approximate surface area is 198 Å². The smallest absolute Gasteiger partial charge is 0.165 e. The summed E-state index contributed by atoms with van der Waals surface area (Å²) in [6, 6.07) is 24.7. The van der Waals surface area contributed by atoms with Gasteiger partial charge in [-0.1, -0.05) is 105 Å². The van der Waals surface area contributed by atoms with Crippen LogP contribution in [0.4, 0.5) is 0 Å². The molecule has 0 aromatic heterocycles. The lowest BCUT2D eigenvalue weighted by molar-refractivity contribution is 0.0937. The van der Waals surface area contributed by atoms with E-state index in [4.69, 9.17) is 0 Å². The van der Waals surface area contributed by atoms with Crippen molar-refractivity contribution >= 4 is 17.3 Å². The van der Waals surface area contributed by atoms with E-state index in [1.54, 1.807) is 6.92 Å². The maximum atomic E-state index is 11.3. The first kappa shape index (κ1) is 27.7. The Balaban J connectivity index is 0.000000247. The van der Waals surface area contributed by atoms with Crippen LogP contribution in [0.25, 0.3) is 0 Å². The van der Waals surface area contributed by atoms with Gasteiger partial charge in [0.15, 0.2) is 17.3 Å². The highest BCUT2D eigenvalue weighted by molar-refractivity contribution is 5.97. The van der Waals surface area contributed by atoms with Gasteiger partial charge in [-0.2, -0.15) is 0 Å². The van der Waals surface area contributed by atoms with Crippen molar-refractivity contribution in [3.05, 3.63) is 107 Å². The molecule has 3 heteroatoms. The fraction of sp³-hybridized carbons (Fsp3) is 0.300. The molecule has 0 heterocycles. The van der Waals surface area contributed by atoms with Crippen molar-refractivity contribution in [2.24, 2.45) is 5.92 Å². The summed E-state index contributed by atoms with van der Waals surface area (Å²) < 4.78 is 0. The molecule has 3 aromatic carbocycles. The normalized spacial score (nSPS) is 9.79. The van der Waals surface area contributed by atoms with Gasteiger partial charge in [0.05, 0.1) is 0 Å². The lowest BCUT2D eigenvalue weighted by Crippen LogP contribution is -2.06. The summed E-state index contributed by atoms with van der Waals surface area (Å²) in [5.41, 5.74) is 4.73. The Kier molecular flexibility index (Phi) is 12.3. The van der Waals surface area contributed by atoms with Crippen molar-refractivity contribution in [3.8, 4) is 0 Å². The van der Waals surface area contributed by atoms with Crippen LogP contribution in [-0.2, 0) is 0 Å². The highest BCUT2D eigenvalue weighted by Gasteiger charge is 2.08. The molecule has 0 aliphatic carbocycles. The van der Waals surface area contributed by atoms with Crippen LogP contribution in [0.2, 0.25) is 0 Å². The SMILES string of the molecule is CC(=O)c1ccc(C)cc1C.CC(C)C(=O)c1ccccc1.CCCC(=O)c1ccccc1. The molecule has 174 valence electrons. The zero-order valence-electron chi connectivity index (χ0n) is 20.7. The number of benzene rings is 3. The summed E-state index contributed by atoms with van der Waals surface area (Å²) in [7, 11) is 0. The largest absolute Gasteiger partial charge is 0.295 e. The van der Waals surface area contributed by atoms with E-state index in [2.05, 4.69) is 0 Å². The van der Waals surface area contributed by atoms with Gasteiger partial charge in [-0.05, 0) is 32.8 Å². The number of hydrogen-bond donors (Lipinski definition) is 0. The van der Waals surface area contributed by atoms with E-state index in [0.29, 0.717) is 6.42 Å². The molecular weight excluding hydrogens is 408 g/mol. The molecule has 0 saturated carbocycles. The van der Waals surface area contributed by atoms with Crippen LogP contribution in [0, 0.1) is 19.8 Å². The van der Waals surface area contributed by atoms with E-state index in [9.17, 15) is 14.4 Å². The molecule has 0 N–H and O–H groups in total. The second-order valence-corrected chi connectivity index (χ2v) is 8.30. The topological polar surface area (TPSA) is 51.2 Å². The van der Waals surface area contributed by atoms with Gasteiger partial charge in [-0.25, -0.2) is 0 Å². The summed E-state index contributed by atoms with van der Waals surface area (Å²) >= 11 is 0. The maximum Gasteiger partial charge on any atom is 0.165 e. The van der Waals surface area contributed by atoms with E-state index in [0.717, 1.165) is 28.7 Å². The molecule has 0 aliphatic rings. The molecule has 0 fully saturated rings. The minimum absolute atomic E-state index is 0.0948. The first-order valence-electron chi connectivity index (χ1n) is 11.4. The molecule has 3 rings (SSSR count). The minimum atomic E-state index is 0.0948. The second kappa shape index (κ2) is 14.7. The quantitative estimate of drug-likeness (QED) is 0.366. The highest BCUT2D eigenvalue weighted by Crippen LogP contribution is 2.10. The van der Waals surface area contributed by atoms with E-state index in [1.807, 2.05) is 113 Å².